The van der Waals surface area contributed by atoms with Gasteiger partial charge in [0.05, 0.1) is 16.8 Å². The molecule has 1 saturated heterocycles. The van der Waals surface area contributed by atoms with E-state index >= 15 is 0 Å². The number of hydrogen-bond donors (Lipinski definition) is 3. The van der Waals surface area contributed by atoms with E-state index in [9.17, 15) is 4.79 Å². The average Bonchev–Trinajstić information content (AvgIpc) is 3.24. The summed E-state index contributed by atoms with van der Waals surface area (Å²) in [7, 11) is 0. The molecule has 34 heavy (non-hydrogen) atoms. The van der Waals surface area contributed by atoms with Gasteiger partial charge in [0, 0.05) is 25.0 Å². The first-order chi connectivity index (χ1) is 16.6. The summed E-state index contributed by atoms with van der Waals surface area (Å²) in [4.78, 5) is 26.3. The lowest BCUT2D eigenvalue weighted by Crippen LogP contribution is -2.56. The second-order valence-corrected chi connectivity index (χ2v) is 8.09. The number of amides is 1. The first-order valence-electron chi connectivity index (χ1n) is 10.6. The zero-order valence-electron chi connectivity index (χ0n) is 18.0. The van der Waals surface area contributed by atoms with Crippen LogP contribution >= 0.6 is 11.6 Å². The Morgan fingerprint density at radius 2 is 2.12 bits per heavy atom. The number of halogens is 1. The fraction of sp³-hybridized carbons (Fsp3) is 0.174. The first-order valence-corrected chi connectivity index (χ1v) is 10.9. The number of hydrogen-bond acceptors (Lipinski definition) is 8. The van der Waals surface area contributed by atoms with Gasteiger partial charge in [-0.25, -0.2) is 9.97 Å². The van der Waals surface area contributed by atoms with E-state index in [1.54, 1.807) is 23.2 Å². The van der Waals surface area contributed by atoms with Gasteiger partial charge < -0.3 is 20.3 Å². The summed E-state index contributed by atoms with van der Waals surface area (Å²) in [5, 5.41) is 15.0. The minimum Gasteiger partial charge on any atom is -0.486 e. The minimum atomic E-state index is -0.0834. The van der Waals surface area contributed by atoms with Gasteiger partial charge in [-0.05, 0) is 36.4 Å². The third-order valence-corrected chi connectivity index (χ3v) is 5.66. The first kappa shape index (κ1) is 21.7. The number of nitrogens with one attached hydrogen (secondary N) is 3. The van der Waals surface area contributed by atoms with E-state index in [4.69, 9.17) is 16.3 Å². The van der Waals surface area contributed by atoms with Gasteiger partial charge >= 0.3 is 0 Å². The number of H-pyrrole nitrogens is 1. The fourth-order valence-electron chi connectivity index (χ4n) is 3.60. The van der Waals surface area contributed by atoms with E-state index in [-0.39, 0.29) is 11.9 Å². The van der Waals surface area contributed by atoms with Gasteiger partial charge in [0.1, 0.15) is 29.9 Å². The summed E-state index contributed by atoms with van der Waals surface area (Å²) in [6.07, 6.45) is 4.49. The molecular formula is C23H21ClN8O2. The van der Waals surface area contributed by atoms with Crippen LogP contribution in [-0.2, 0) is 11.4 Å². The number of fused-ring (bicyclic) bond motifs is 1. The average molecular weight is 477 g/mol. The van der Waals surface area contributed by atoms with Gasteiger partial charge in [0.15, 0.2) is 11.5 Å². The lowest BCUT2D eigenvalue weighted by molar-refractivity contribution is -0.129. The highest BCUT2D eigenvalue weighted by atomic mass is 35.5. The molecule has 4 aromatic rings. The molecule has 0 radical (unpaired) electrons. The van der Waals surface area contributed by atoms with Crippen LogP contribution < -0.4 is 15.4 Å². The maximum absolute atomic E-state index is 11.7. The van der Waals surface area contributed by atoms with Gasteiger partial charge in [-0.1, -0.05) is 24.2 Å². The molecule has 10 nitrogen and oxygen atoms in total. The van der Waals surface area contributed by atoms with Crippen LogP contribution in [-0.4, -0.2) is 55.1 Å². The molecule has 4 heterocycles. The Kier molecular flexibility index (Phi) is 5.96. The van der Waals surface area contributed by atoms with E-state index in [0.29, 0.717) is 53.1 Å². The Labute approximate surface area is 200 Å². The van der Waals surface area contributed by atoms with Gasteiger partial charge in [-0.15, -0.1) is 0 Å². The monoisotopic (exact) mass is 476 g/mol. The number of benzene rings is 1. The molecule has 1 aromatic carbocycles. The van der Waals surface area contributed by atoms with Crippen LogP contribution in [0.4, 0.5) is 17.3 Å². The topological polar surface area (TPSA) is 121 Å². The van der Waals surface area contributed by atoms with Crippen molar-refractivity contribution in [3.05, 3.63) is 72.3 Å². The number of anilines is 3. The van der Waals surface area contributed by atoms with Crippen molar-refractivity contribution in [3.8, 4) is 5.75 Å². The van der Waals surface area contributed by atoms with E-state index in [1.807, 2.05) is 24.3 Å². The highest BCUT2D eigenvalue weighted by molar-refractivity contribution is 6.32. The van der Waals surface area contributed by atoms with E-state index in [0.717, 1.165) is 11.4 Å². The summed E-state index contributed by atoms with van der Waals surface area (Å²) in [5.74, 6) is 1.65. The molecule has 0 unspecified atom stereocenters. The molecule has 0 aliphatic carbocycles. The third kappa shape index (κ3) is 4.48. The predicted molar refractivity (Wildman–Crippen MR) is 129 cm³/mol. The Morgan fingerprint density at radius 3 is 2.88 bits per heavy atom. The van der Waals surface area contributed by atoms with Crippen molar-refractivity contribution in [2.45, 2.75) is 12.6 Å². The molecular weight excluding hydrogens is 456 g/mol. The molecule has 0 atom stereocenters. The summed E-state index contributed by atoms with van der Waals surface area (Å²) in [6, 6.07) is 11.1. The summed E-state index contributed by atoms with van der Waals surface area (Å²) in [6.45, 7) is 4.99. The number of rotatable bonds is 8. The summed E-state index contributed by atoms with van der Waals surface area (Å²) < 4.78 is 5.79. The molecule has 172 valence electrons. The molecule has 3 N–H and O–H groups in total. The van der Waals surface area contributed by atoms with Crippen molar-refractivity contribution in [1.82, 2.24) is 30.0 Å². The maximum Gasteiger partial charge on any atom is 0.246 e. The third-order valence-electron chi connectivity index (χ3n) is 5.36. The molecule has 1 aliphatic heterocycles. The normalized spacial score (nSPS) is 13.4. The molecule has 5 rings (SSSR count). The lowest BCUT2D eigenvalue weighted by atomic mass is 10.1. The standard InChI is InChI=1S/C23H21ClN8O2/c1-2-19(33)32-10-16(11-32)29-23-20-21(26-13-27-22(20)30-31-23)28-14-6-7-18(17(24)9-14)34-12-15-5-3-4-8-25-15/h2-9,13,16H,1,10-12H2,(H3,26,27,28,29,30,31). The van der Waals surface area contributed by atoms with Gasteiger partial charge in [-0.3, -0.25) is 14.9 Å². The number of nitrogens with zero attached hydrogens (tertiary/aromatic N) is 5. The Hall–Kier alpha value is -4.18. The zero-order valence-corrected chi connectivity index (χ0v) is 18.8. The van der Waals surface area contributed by atoms with Crippen LogP contribution in [0, 0.1) is 0 Å². The smallest absolute Gasteiger partial charge is 0.246 e. The molecule has 11 heteroatoms. The molecule has 1 amide bonds. The van der Waals surface area contributed by atoms with Crippen molar-refractivity contribution in [2.24, 2.45) is 0 Å². The summed E-state index contributed by atoms with van der Waals surface area (Å²) >= 11 is 6.45. The fourth-order valence-corrected chi connectivity index (χ4v) is 3.83. The number of likely N-dealkylation sites (tertiary alicyclic amines) is 1. The van der Waals surface area contributed by atoms with Crippen molar-refractivity contribution in [3.63, 3.8) is 0 Å². The number of pyridine rings is 1. The molecule has 0 bridgehead atoms. The second kappa shape index (κ2) is 9.36. The number of carbonyl (C=O) groups excluding carboxylic acids is 1. The van der Waals surface area contributed by atoms with Crippen LogP contribution in [0.25, 0.3) is 11.0 Å². The van der Waals surface area contributed by atoms with E-state index in [1.165, 1.54) is 12.4 Å². The predicted octanol–water partition coefficient (Wildman–Crippen LogP) is 3.53. The lowest BCUT2D eigenvalue weighted by Gasteiger charge is -2.39. The Morgan fingerprint density at radius 1 is 1.24 bits per heavy atom. The molecule has 0 spiro atoms. The van der Waals surface area contributed by atoms with Crippen LogP contribution in [0.15, 0.2) is 61.6 Å². The number of aromatic nitrogens is 5. The SMILES string of the molecule is C=CC(=O)N1CC(Nc2n[nH]c3ncnc(Nc4ccc(OCc5ccccn5)c(Cl)c4)c23)C1. The summed E-state index contributed by atoms with van der Waals surface area (Å²) in [5.41, 5.74) is 2.13. The number of carbonyl (C=O) groups is 1. The van der Waals surface area contributed by atoms with E-state index < -0.39 is 0 Å². The molecule has 1 aliphatic rings. The van der Waals surface area contributed by atoms with Crippen molar-refractivity contribution < 1.29 is 9.53 Å². The van der Waals surface area contributed by atoms with Gasteiger partial charge in [-0.2, -0.15) is 5.10 Å². The highest BCUT2D eigenvalue weighted by Gasteiger charge is 2.30. The molecule has 3 aromatic heterocycles. The van der Waals surface area contributed by atoms with Crippen LogP contribution in [0.3, 0.4) is 0 Å². The van der Waals surface area contributed by atoms with Crippen molar-refractivity contribution >= 4 is 45.9 Å². The number of aromatic amines is 1. The Balaban J connectivity index is 1.30. The van der Waals surface area contributed by atoms with E-state index in [2.05, 4.69) is 42.4 Å². The zero-order chi connectivity index (χ0) is 23.5. The van der Waals surface area contributed by atoms with Crippen LogP contribution in [0.5, 0.6) is 5.75 Å². The molecule has 0 saturated carbocycles. The number of ether oxygens (including phenoxy) is 1. The maximum atomic E-state index is 11.7. The highest BCUT2D eigenvalue weighted by Crippen LogP contribution is 2.32. The minimum absolute atomic E-state index is 0.0773. The van der Waals surface area contributed by atoms with Crippen LogP contribution in [0.2, 0.25) is 5.02 Å². The van der Waals surface area contributed by atoms with Crippen molar-refractivity contribution in [1.29, 1.82) is 0 Å². The van der Waals surface area contributed by atoms with Crippen molar-refractivity contribution in [2.75, 3.05) is 23.7 Å². The van der Waals surface area contributed by atoms with Gasteiger partial charge in [0.2, 0.25) is 5.91 Å². The largest absolute Gasteiger partial charge is 0.486 e. The second-order valence-electron chi connectivity index (χ2n) is 7.69. The Bertz CT molecular complexity index is 1340. The van der Waals surface area contributed by atoms with Crippen LogP contribution in [0.1, 0.15) is 5.69 Å². The molecule has 1 fully saturated rings. The van der Waals surface area contributed by atoms with Gasteiger partial charge in [0.25, 0.3) is 0 Å². The quantitative estimate of drug-likeness (QED) is 0.330.